The van der Waals surface area contributed by atoms with Crippen LogP contribution in [0.2, 0.25) is 0 Å². The quantitative estimate of drug-likeness (QED) is 0.638. The van der Waals surface area contributed by atoms with Crippen LogP contribution in [0.3, 0.4) is 0 Å². The van der Waals surface area contributed by atoms with Crippen LogP contribution in [-0.4, -0.2) is 22.3 Å². The number of hydrogen-bond acceptors (Lipinski definition) is 4. The van der Waals surface area contributed by atoms with E-state index in [0.717, 1.165) is 5.69 Å². The van der Waals surface area contributed by atoms with E-state index in [9.17, 15) is 0 Å². The molecule has 0 aliphatic carbocycles. The second-order valence-corrected chi connectivity index (χ2v) is 3.50. The Balaban J connectivity index is 2.06. The van der Waals surface area contributed by atoms with Gasteiger partial charge in [0.15, 0.2) is 6.34 Å². The number of hydrogen-bond donors (Lipinski definition) is 1. The van der Waals surface area contributed by atoms with E-state index < -0.39 is 5.62 Å². The molecule has 0 bridgehead atoms. The first-order valence-electron chi connectivity index (χ1n) is 4.20. The second kappa shape index (κ2) is 4.51. The van der Waals surface area contributed by atoms with E-state index >= 15 is 0 Å². The molecule has 1 aliphatic heterocycles. The van der Waals surface area contributed by atoms with Gasteiger partial charge in [-0.15, -0.1) is 0 Å². The monoisotopic (exact) mass is 241 g/mol. The van der Waals surface area contributed by atoms with E-state index in [0.29, 0.717) is 0 Å². The van der Waals surface area contributed by atoms with Gasteiger partial charge in [-0.2, -0.15) is 4.99 Å². The number of hydrazine groups is 1. The van der Waals surface area contributed by atoms with Crippen LogP contribution in [0, 0.1) is 0 Å². The highest BCUT2D eigenvalue weighted by molar-refractivity contribution is 6.65. The van der Waals surface area contributed by atoms with E-state index in [4.69, 9.17) is 23.2 Å². The summed E-state index contributed by atoms with van der Waals surface area (Å²) >= 11 is 11.5. The summed E-state index contributed by atoms with van der Waals surface area (Å²) in [4.78, 5) is 7.54. The molecule has 15 heavy (non-hydrogen) atoms. The van der Waals surface area contributed by atoms with Gasteiger partial charge in [0.1, 0.15) is 0 Å². The fourth-order valence-corrected chi connectivity index (χ4v) is 1.41. The van der Waals surface area contributed by atoms with Crippen molar-refractivity contribution in [3.05, 3.63) is 30.3 Å². The van der Waals surface area contributed by atoms with Crippen LogP contribution in [-0.2, 0) is 0 Å². The SMILES string of the molecule is ClC1=NC(Cl)N(Nc2ccccc2)[C]=N1. The van der Waals surface area contributed by atoms with Crippen LogP contribution < -0.4 is 5.43 Å². The molecule has 2 rings (SSSR count). The Morgan fingerprint density at radius 1 is 1.33 bits per heavy atom. The van der Waals surface area contributed by atoms with E-state index in [1.54, 1.807) is 0 Å². The highest BCUT2D eigenvalue weighted by Gasteiger charge is 2.16. The third-order valence-electron chi connectivity index (χ3n) is 1.70. The summed E-state index contributed by atoms with van der Waals surface area (Å²) in [5.41, 5.74) is 3.21. The average molecular weight is 242 g/mol. The van der Waals surface area contributed by atoms with Gasteiger partial charge < -0.3 is 0 Å². The maximum absolute atomic E-state index is 5.90. The Labute approximate surface area is 97.2 Å². The van der Waals surface area contributed by atoms with Crippen molar-refractivity contribution in [1.29, 1.82) is 0 Å². The Morgan fingerprint density at radius 2 is 2.07 bits per heavy atom. The zero-order valence-electron chi connectivity index (χ0n) is 7.56. The van der Waals surface area contributed by atoms with Crippen molar-refractivity contribution in [2.45, 2.75) is 5.62 Å². The van der Waals surface area contributed by atoms with Gasteiger partial charge in [-0.05, 0) is 23.7 Å². The molecule has 0 saturated heterocycles. The van der Waals surface area contributed by atoms with E-state index in [-0.39, 0.29) is 5.29 Å². The van der Waals surface area contributed by atoms with Crippen LogP contribution in [0.15, 0.2) is 40.3 Å². The first-order chi connectivity index (χ1) is 7.25. The fraction of sp³-hybridized carbons (Fsp3) is 0.111. The molecular formula is C9H7Cl2N4. The molecule has 6 heteroatoms. The van der Waals surface area contributed by atoms with Crippen molar-refractivity contribution < 1.29 is 0 Å². The summed E-state index contributed by atoms with van der Waals surface area (Å²) < 4.78 is 0. The number of amidine groups is 1. The minimum Gasteiger partial charge on any atom is -0.294 e. The molecule has 0 amide bonds. The normalized spacial score (nSPS) is 20.0. The third kappa shape index (κ3) is 2.61. The second-order valence-electron chi connectivity index (χ2n) is 2.77. The standard InChI is InChI=1S/C9H7Cl2N4/c10-8-12-6-15(9(11)13-8)14-7-4-2-1-3-5-7/h1-5,9,14H. The van der Waals surface area contributed by atoms with Crippen LogP contribution in [0.1, 0.15) is 0 Å². The summed E-state index contributed by atoms with van der Waals surface area (Å²) in [7, 11) is 0. The predicted octanol–water partition coefficient (Wildman–Crippen LogP) is 2.35. The van der Waals surface area contributed by atoms with Crippen LogP contribution >= 0.6 is 23.2 Å². The van der Waals surface area contributed by atoms with Crippen molar-refractivity contribution in [3.8, 4) is 0 Å². The van der Waals surface area contributed by atoms with Gasteiger partial charge >= 0.3 is 0 Å². The molecule has 1 radical (unpaired) electrons. The minimum atomic E-state index is -0.643. The number of benzene rings is 1. The Bertz CT molecular complexity index is 390. The van der Waals surface area contributed by atoms with Gasteiger partial charge in [0.05, 0.1) is 5.69 Å². The van der Waals surface area contributed by atoms with Gasteiger partial charge in [-0.25, -0.2) is 10.0 Å². The Morgan fingerprint density at radius 3 is 2.73 bits per heavy atom. The average Bonchev–Trinajstić information content (AvgIpc) is 2.24. The maximum Gasteiger partial charge on any atom is 0.223 e. The zero-order valence-corrected chi connectivity index (χ0v) is 9.07. The maximum atomic E-state index is 5.90. The molecule has 1 aliphatic rings. The lowest BCUT2D eigenvalue weighted by molar-refractivity contribution is 0.478. The number of para-hydroxylation sites is 1. The summed E-state index contributed by atoms with van der Waals surface area (Å²) in [6.07, 6.45) is 2.62. The van der Waals surface area contributed by atoms with Gasteiger partial charge in [0.2, 0.25) is 10.9 Å². The van der Waals surface area contributed by atoms with E-state index in [2.05, 4.69) is 21.7 Å². The topological polar surface area (TPSA) is 40.0 Å². The highest BCUT2D eigenvalue weighted by atomic mass is 35.5. The van der Waals surface area contributed by atoms with E-state index in [1.165, 1.54) is 5.01 Å². The largest absolute Gasteiger partial charge is 0.294 e. The van der Waals surface area contributed by atoms with Crippen molar-refractivity contribution in [3.63, 3.8) is 0 Å². The summed E-state index contributed by atoms with van der Waals surface area (Å²) in [6.45, 7) is 0. The summed E-state index contributed by atoms with van der Waals surface area (Å²) in [5.74, 6) is 0. The molecule has 1 unspecified atom stereocenters. The molecule has 0 spiro atoms. The minimum absolute atomic E-state index is 0.0983. The van der Waals surface area contributed by atoms with Crippen LogP contribution in [0.4, 0.5) is 5.69 Å². The number of nitrogens with one attached hydrogen (secondary N) is 1. The molecule has 1 N–H and O–H groups in total. The molecule has 0 saturated carbocycles. The number of nitrogens with zero attached hydrogens (tertiary/aromatic N) is 3. The summed E-state index contributed by atoms with van der Waals surface area (Å²) in [6, 6.07) is 9.52. The van der Waals surface area contributed by atoms with Gasteiger partial charge in [0, 0.05) is 0 Å². The number of alkyl halides is 1. The van der Waals surface area contributed by atoms with E-state index in [1.807, 2.05) is 30.3 Å². The molecule has 1 heterocycles. The number of rotatable bonds is 2. The smallest absolute Gasteiger partial charge is 0.223 e. The Kier molecular flexibility index (Phi) is 3.08. The van der Waals surface area contributed by atoms with Gasteiger partial charge in [-0.3, -0.25) is 5.43 Å². The molecule has 1 aromatic carbocycles. The summed E-state index contributed by atoms with van der Waals surface area (Å²) in [5, 5.41) is 1.53. The molecule has 77 valence electrons. The highest BCUT2D eigenvalue weighted by Crippen LogP contribution is 2.14. The van der Waals surface area contributed by atoms with Crippen LogP contribution in [0.5, 0.6) is 0 Å². The van der Waals surface area contributed by atoms with Crippen molar-refractivity contribution >= 4 is 40.5 Å². The molecule has 4 nitrogen and oxygen atoms in total. The lowest BCUT2D eigenvalue weighted by Crippen LogP contribution is -2.36. The lowest BCUT2D eigenvalue weighted by Gasteiger charge is -2.24. The third-order valence-corrected chi connectivity index (χ3v) is 2.17. The molecule has 1 atom stereocenters. The Hall–Kier alpha value is -1.26. The molecule has 1 aromatic rings. The van der Waals surface area contributed by atoms with Gasteiger partial charge in [0.25, 0.3) is 0 Å². The van der Waals surface area contributed by atoms with Crippen molar-refractivity contribution in [2.75, 3.05) is 5.43 Å². The first-order valence-corrected chi connectivity index (χ1v) is 5.02. The fourth-order valence-electron chi connectivity index (χ4n) is 1.05. The predicted molar refractivity (Wildman–Crippen MR) is 62.3 cm³/mol. The molecule has 0 aromatic heterocycles. The van der Waals surface area contributed by atoms with Crippen molar-refractivity contribution in [2.24, 2.45) is 9.98 Å². The van der Waals surface area contributed by atoms with Crippen LogP contribution in [0.25, 0.3) is 0 Å². The zero-order chi connectivity index (χ0) is 10.7. The lowest BCUT2D eigenvalue weighted by atomic mass is 10.3. The first kappa shape index (κ1) is 10.3. The molecular weight excluding hydrogens is 235 g/mol. The van der Waals surface area contributed by atoms with Crippen molar-refractivity contribution in [1.82, 2.24) is 5.01 Å². The number of aliphatic imine (C=N–C) groups is 2. The van der Waals surface area contributed by atoms with Gasteiger partial charge in [-0.1, -0.05) is 29.8 Å². The molecule has 0 fully saturated rings. The number of halogens is 2. The number of anilines is 1.